The van der Waals surface area contributed by atoms with Crippen molar-refractivity contribution in [2.75, 3.05) is 13.1 Å². The molecule has 0 aromatic heterocycles. The van der Waals surface area contributed by atoms with Crippen LogP contribution in [-0.2, 0) is 32.0 Å². The number of benzene rings is 2. The second-order valence-electron chi connectivity index (χ2n) is 9.18. The Labute approximate surface area is 216 Å². The number of carbonyl (C=O) groups is 4. The van der Waals surface area contributed by atoms with Gasteiger partial charge in [-0.05, 0) is 48.9 Å². The highest BCUT2D eigenvalue weighted by Gasteiger charge is 2.28. The third-order valence-corrected chi connectivity index (χ3v) is 6.17. The number of hydrogen-bond acceptors (Lipinski definition) is 6. The summed E-state index contributed by atoms with van der Waals surface area (Å²) in [4.78, 5) is 51.1. The summed E-state index contributed by atoms with van der Waals surface area (Å²) in [7, 11) is 0. The highest BCUT2D eigenvalue weighted by Crippen LogP contribution is 2.12. The van der Waals surface area contributed by atoms with Crippen LogP contribution in [-0.4, -0.2) is 60.0 Å². The number of carbonyl (C=O) groups excluding carboxylic acids is 4. The first-order valence-corrected chi connectivity index (χ1v) is 12.5. The molecule has 10 heteroatoms. The Hall–Kier alpha value is -3.92. The molecule has 3 atom stereocenters. The van der Waals surface area contributed by atoms with Crippen LogP contribution in [0.15, 0.2) is 54.6 Å². The van der Waals surface area contributed by atoms with Crippen LogP contribution in [0.4, 0.5) is 0 Å². The van der Waals surface area contributed by atoms with E-state index in [-0.39, 0.29) is 31.0 Å². The van der Waals surface area contributed by atoms with Gasteiger partial charge in [-0.15, -0.1) is 0 Å². The molecule has 1 aliphatic heterocycles. The van der Waals surface area contributed by atoms with E-state index in [2.05, 4.69) is 21.3 Å². The first kappa shape index (κ1) is 27.7. The zero-order chi connectivity index (χ0) is 26.6. The fourth-order valence-electron chi connectivity index (χ4n) is 4.07. The predicted molar refractivity (Wildman–Crippen MR) is 138 cm³/mol. The van der Waals surface area contributed by atoms with Crippen LogP contribution < -0.4 is 27.0 Å². The molecule has 4 amide bonds. The molecule has 0 spiro atoms. The minimum absolute atomic E-state index is 0.0869. The number of rotatable bonds is 6. The van der Waals surface area contributed by atoms with Crippen molar-refractivity contribution in [1.82, 2.24) is 21.3 Å². The fraction of sp³-hybridized carbons (Fsp3) is 0.407. The van der Waals surface area contributed by atoms with E-state index in [0.29, 0.717) is 32.2 Å². The molecule has 3 rings (SSSR count). The summed E-state index contributed by atoms with van der Waals surface area (Å²) in [5.41, 5.74) is 7.75. The normalized spacial score (nSPS) is 20.5. The highest BCUT2D eigenvalue weighted by molar-refractivity contribution is 5.93. The third kappa shape index (κ3) is 9.23. The van der Waals surface area contributed by atoms with Gasteiger partial charge in [0, 0.05) is 25.9 Å². The second kappa shape index (κ2) is 14.0. The van der Waals surface area contributed by atoms with Gasteiger partial charge in [0.05, 0.1) is 6.04 Å². The van der Waals surface area contributed by atoms with Crippen molar-refractivity contribution in [2.45, 2.75) is 56.7 Å². The maximum atomic E-state index is 13.3. The van der Waals surface area contributed by atoms with Crippen LogP contribution >= 0.6 is 0 Å². The molecule has 0 bridgehead atoms. The molecule has 2 aromatic rings. The summed E-state index contributed by atoms with van der Waals surface area (Å²) in [6, 6.07) is 13.0. The number of aromatic hydroxyl groups is 1. The zero-order valence-electron chi connectivity index (χ0n) is 20.7. The quantitative estimate of drug-likeness (QED) is 0.328. The second-order valence-corrected chi connectivity index (χ2v) is 9.18. The zero-order valence-corrected chi connectivity index (χ0v) is 20.7. The van der Waals surface area contributed by atoms with Crippen molar-refractivity contribution in [3.63, 3.8) is 0 Å². The Bertz CT molecular complexity index is 1060. The van der Waals surface area contributed by atoms with Gasteiger partial charge in [-0.2, -0.15) is 0 Å². The van der Waals surface area contributed by atoms with Crippen molar-refractivity contribution in [2.24, 2.45) is 5.73 Å². The average molecular weight is 510 g/mol. The number of phenols is 1. The van der Waals surface area contributed by atoms with Crippen molar-refractivity contribution < 1.29 is 24.3 Å². The van der Waals surface area contributed by atoms with Gasteiger partial charge in [-0.3, -0.25) is 19.2 Å². The maximum absolute atomic E-state index is 13.3. The Morgan fingerprint density at radius 1 is 0.946 bits per heavy atom. The summed E-state index contributed by atoms with van der Waals surface area (Å²) >= 11 is 0. The Balaban J connectivity index is 1.73. The van der Waals surface area contributed by atoms with Crippen LogP contribution in [0.1, 0.15) is 36.8 Å². The van der Waals surface area contributed by atoms with Gasteiger partial charge in [0.15, 0.2) is 0 Å². The van der Waals surface area contributed by atoms with Gasteiger partial charge >= 0.3 is 0 Å². The lowest BCUT2D eigenvalue weighted by atomic mass is 10.0. The Kier molecular flexibility index (Phi) is 10.5. The van der Waals surface area contributed by atoms with Crippen LogP contribution in [0.2, 0.25) is 0 Å². The summed E-state index contributed by atoms with van der Waals surface area (Å²) in [6.07, 6.45) is 2.13. The molecule has 10 nitrogen and oxygen atoms in total. The first-order chi connectivity index (χ1) is 17.8. The fourth-order valence-corrected chi connectivity index (χ4v) is 4.07. The monoisotopic (exact) mass is 509 g/mol. The number of phenolic OH excluding ortho intramolecular Hbond substituents is 1. The van der Waals surface area contributed by atoms with E-state index >= 15 is 0 Å². The smallest absolute Gasteiger partial charge is 0.243 e. The molecule has 37 heavy (non-hydrogen) atoms. The number of nitrogens with two attached hydrogens (primary N) is 1. The topological polar surface area (TPSA) is 163 Å². The van der Waals surface area contributed by atoms with Gasteiger partial charge in [0.2, 0.25) is 23.6 Å². The molecule has 7 N–H and O–H groups in total. The molecule has 1 saturated heterocycles. The summed E-state index contributed by atoms with van der Waals surface area (Å²) in [5.74, 6) is -1.48. The first-order valence-electron chi connectivity index (χ1n) is 12.5. The number of amides is 4. The van der Waals surface area contributed by atoms with E-state index in [0.717, 1.165) is 11.1 Å². The minimum Gasteiger partial charge on any atom is -0.508 e. The lowest BCUT2D eigenvalue weighted by Crippen LogP contribution is -2.56. The predicted octanol–water partition coefficient (Wildman–Crippen LogP) is 0.281. The molecule has 0 radical (unpaired) electrons. The standard InChI is InChI=1S/C27H35N5O5/c28-21(16-18-6-2-1-3-7-18)25(35)31-22-8-4-5-14-29-24(34)13-15-30-26(36)23(32-27(22)37)17-19-9-11-20(33)12-10-19/h1-3,6-7,9-12,21-23,33H,4-5,8,13-17,28H2,(H,29,34)(H,30,36)(H,31,35)(H,32,37)/t21-,22-,23+/m0/s1. The van der Waals surface area contributed by atoms with Crippen molar-refractivity contribution in [1.29, 1.82) is 0 Å². The van der Waals surface area contributed by atoms with Crippen LogP contribution in [0.25, 0.3) is 0 Å². The average Bonchev–Trinajstić information content (AvgIpc) is 2.88. The number of nitrogens with one attached hydrogen (secondary N) is 4. The van der Waals surface area contributed by atoms with Gasteiger partial charge in [-0.25, -0.2) is 0 Å². The van der Waals surface area contributed by atoms with E-state index in [9.17, 15) is 24.3 Å². The molecule has 2 aromatic carbocycles. The lowest BCUT2D eigenvalue weighted by Gasteiger charge is -2.25. The number of hydrogen-bond donors (Lipinski definition) is 6. The maximum Gasteiger partial charge on any atom is 0.243 e. The molecule has 0 unspecified atom stereocenters. The van der Waals surface area contributed by atoms with Crippen molar-refractivity contribution >= 4 is 23.6 Å². The van der Waals surface area contributed by atoms with Gasteiger partial charge in [-0.1, -0.05) is 42.5 Å². The van der Waals surface area contributed by atoms with Gasteiger partial charge in [0.25, 0.3) is 0 Å². The van der Waals surface area contributed by atoms with E-state index in [4.69, 9.17) is 5.73 Å². The summed E-state index contributed by atoms with van der Waals surface area (Å²) in [5, 5.41) is 20.6. The van der Waals surface area contributed by atoms with E-state index < -0.39 is 35.8 Å². The van der Waals surface area contributed by atoms with Gasteiger partial charge < -0.3 is 32.1 Å². The summed E-state index contributed by atoms with van der Waals surface area (Å²) in [6.45, 7) is 0.563. The van der Waals surface area contributed by atoms with Crippen LogP contribution in [0.5, 0.6) is 5.75 Å². The van der Waals surface area contributed by atoms with E-state index in [1.165, 1.54) is 12.1 Å². The minimum atomic E-state index is -0.944. The summed E-state index contributed by atoms with van der Waals surface area (Å²) < 4.78 is 0. The Morgan fingerprint density at radius 3 is 2.41 bits per heavy atom. The molecule has 0 aliphatic carbocycles. The van der Waals surface area contributed by atoms with Crippen molar-refractivity contribution in [3.8, 4) is 5.75 Å². The molecule has 1 heterocycles. The molecule has 0 saturated carbocycles. The lowest BCUT2D eigenvalue weighted by molar-refractivity contribution is -0.132. The van der Waals surface area contributed by atoms with Gasteiger partial charge in [0.1, 0.15) is 17.8 Å². The SMILES string of the molecule is N[C@@H](Cc1ccccc1)C(=O)N[C@H]1CCCCNC(=O)CCNC(=O)[C@@H](Cc2ccc(O)cc2)NC1=O. The molecular weight excluding hydrogens is 474 g/mol. The molecule has 1 fully saturated rings. The van der Waals surface area contributed by atoms with E-state index in [1.807, 2.05) is 30.3 Å². The van der Waals surface area contributed by atoms with E-state index in [1.54, 1.807) is 12.1 Å². The molecule has 1 aliphatic rings. The third-order valence-electron chi connectivity index (χ3n) is 6.17. The van der Waals surface area contributed by atoms with Crippen molar-refractivity contribution in [3.05, 3.63) is 65.7 Å². The van der Waals surface area contributed by atoms with Crippen LogP contribution in [0, 0.1) is 0 Å². The molecule has 198 valence electrons. The molecular formula is C27H35N5O5. The Morgan fingerprint density at radius 2 is 1.68 bits per heavy atom. The van der Waals surface area contributed by atoms with Crippen LogP contribution in [0.3, 0.4) is 0 Å². The largest absolute Gasteiger partial charge is 0.508 e. The highest BCUT2D eigenvalue weighted by atomic mass is 16.3.